The predicted octanol–water partition coefficient (Wildman–Crippen LogP) is 1.56. The third kappa shape index (κ3) is 3.23. The number of nitrogens with zero attached hydrogens (tertiary/aromatic N) is 1. The smallest absolute Gasteiger partial charge is 0.236 e. The summed E-state index contributed by atoms with van der Waals surface area (Å²) in [7, 11) is 0. The minimum Gasteiger partial charge on any atom is -0.389 e. The van der Waals surface area contributed by atoms with E-state index in [1.54, 1.807) is 0 Å². The molecule has 1 aliphatic rings. The highest BCUT2D eigenvalue weighted by atomic mass is 32.1. The van der Waals surface area contributed by atoms with Gasteiger partial charge in [0.1, 0.15) is 4.99 Å². The fraction of sp³-hybridized carbons (Fsp3) is 0.429. The van der Waals surface area contributed by atoms with Gasteiger partial charge in [-0.1, -0.05) is 37.2 Å². The quantitative estimate of drug-likeness (QED) is 0.801. The Morgan fingerprint density at radius 1 is 1.26 bits per heavy atom. The zero-order valence-electron chi connectivity index (χ0n) is 10.8. The summed E-state index contributed by atoms with van der Waals surface area (Å²) in [6, 6.07) is 8.02. The number of hydrogen-bond acceptors (Lipinski definition) is 3. The molecule has 1 saturated carbocycles. The lowest BCUT2D eigenvalue weighted by Crippen LogP contribution is -2.41. The third-order valence-electron chi connectivity index (χ3n) is 3.57. The Labute approximate surface area is 118 Å². The molecule has 102 valence electrons. The van der Waals surface area contributed by atoms with Gasteiger partial charge in [-0.3, -0.25) is 4.79 Å². The molecule has 1 aliphatic carbocycles. The van der Waals surface area contributed by atoms with Crippen molar-refractivity contribution in [1.29, 1.82) is 0 Å². The second-order valence-corrected chi connectivity index (χ2v) is 5.35. The zero-order chi connectivity index (χ0) is 13.8. The molecule has 2 rings (SSSR count). The molecule has 0 unspecified atom stereocenters. The molecule has 0 radical (unpaired) electrons. The Hall–Kier alpha value is -1.62. The first kappa shape index (κ1) is 13.8. The molecule has 0 heterocycles. The maximum Gasteiger partial charge on any atom is 0.236 e. The summed E-state index contributed by atoms with van der Waals surface area (Å²) in [5.41, 5.74) is 12.9. The molecule has 1 fully saturated rings. The first-order chi connectivity index (χ1) is 9.09. The van der Waals surface area contributed by atoms with Crippen molar-refractivity contribution in [3.05, 3.63) is 29.8 Å². The van der Waals surface area contributed by atoms with Crippen LogP contribution in [0.2, 0.25) is 0 Å². The van der Waals surface area contributed by atoms with Crippen LogP contribution in [0.15, 0.2) is 24.3 Å². The van der Waals surface area contributed by atoms with Crippen molar-refractivity contribution in [3.8, 4) is 0 Å². The maximum absolute atomic E-state index is 11.3. The van der Waals surface area contributed by atoms with Crippen LogP contribution in [0.1, 0.15) is 31.2 Å². The van der Waals surface area contributed by atoms with E-state index in [0.717, 1.165) is 24.1 Å². The molecule has 0 atom stereocenters. The van der Waals surface area contributed by atoms with Gasteiger partial charge in [0, 0.05) is 17.3 Å². The van der Waals surface area contributed by atoms with Crippen LogP contribution in [0.5, 0.6) is 0 Å². The van der Waals surface area contributed by atoms with E-state index in [-0.39, 0.29) is 12.5 Å². The summed E-state index contributed by atoms with van der Waals surface area (Å²) in [4.78, 5) is 13.7. The maximum atomic E-state index is 11.3. The van der Waals surface area contributed by atoms with E-state index in [0.29, 0.717) is 11.0 Å². The number of nitrogens with two attached hydrogens (primary N) is 2. The first-order valence-corrected chi connectivity index (χ1v) is 6.94. The molecule has 0 aliphatic heterocycles. The largest absolute Gasteiger partial charge is 0.389 e. The average molecular weight is 277 g/mol. The third-order valence-corrected chi connectivity index (χ3v) is 3.79. The monoisotopic (exact) mass is 277 g/mol. The summed E-state index contributed by atoms with van der Waals surface area (Å²) in [5, 5.41) is 0. The van der Waals surface area contributed by atoms with Gasteiger partial charge in [0.05, 0.1) is 6.54 Å². The molecule has 1 amide bonds. The molecular weight excluding hydrogens is 258 g/mol. The van der Waals surface area contributed by atoms with Crippen LogP contribution in [0.4, 0.5) is 5.69 Å². The van der Waals surface area contributed by atoms with Crippen molar-refractivity contribution in [3.63, 3.8) is 0 Å². The van der Waals surface area contributed by atoms with Crippen LogP contribution in [0.3, 0.4) is 0 Å². The molecule has 5 heteroatoms. The van der Waals surface area contributed by atoms with Crippen LogP contribution >= 0.6 is 12.2 Å². The minimum atomic E-state index is -0.329. The van der Waals surface area contributed by atoms with E-state index < -0.39 is 0 Å². The first-order valence-electron chi connectivity index (χ1n) is 6.53. The Balaban J connectivity index is 2.36. The number of carbonyl (C=O) groups is 1. The number of rotatable bonds is 5. The van der Waals surface area contributed by atoms with Gasteiger partial charge in [0.25, 0.3) is 0 Å². The van der Waals surface area contributed by atoms with Gasteiger partial charge in [-0.05, 0) is 25.0 Å². The number of para-hydroxylation sites is 1. The van der Waals surface area contributed by atoms with Crippen molar-refractivity contribution < 1.29 is 4.79 Å². The molecule has 1 aromatic carbocycles. The fourth-order valence-corrected chi connectivity index (χ4v) is 2.90. The number of amides is 1. The minimum absolute atomic E-state index is 0.213. The molecule has 4 N–H and O–H groups in total. The topological polar surface area (TPSA) is 72.4 Å². The van der Waals surface area contributed by atoms with Crippen molar-refractivity contribution in [2.75, 3.05) is 11.4 Å². The second kappa shape index (κ2) is 6.02. The summed E-state index contributed by atoms with van der Waals surface area (Å²) in [6.45, 7) is 0.213. The molecule has 19 heavy (non-hydrogen) atoms. The van der Waals surface area contributed by atoms with E-state index in [9.17, 15) is 4.79 Å². The van der Waals surface area contributed by atoms with Gasteiger partial charge in [0.15, 0.2) is 0 Å². The molecule has 1 aromatic rings. The van der Waals surface area contributed by atoms with E-state index in [4.69, 9.17) is 23.7 Å². The predicted molar refractivity (Wildman–Crippen MR) is 81.1 cm³/mol. The molecule has 4 nitrogen and oxygen atoms in total. The van der Waals surface area contributed by atoms with E-state index >= 15 is 0 Å². The summed E-state index contributed by atoms with van der Waals surface area (Å²) in [6.07, 6.45) is 4.54. The molecule has 0 aromatic heterocycles. The molecule has 0 spiro atoms. The summed E-state index contributed by atoms with van der Waals surface area (Å²) < 4.78 is 0. The Bertz CT molecular complexity index is 483. The number of primary amides is 1. The number of thiocarbonyl (C=S) groups is 1. The van der Waals surface area contributed by atoms with Gasteiger partial charge in [-0.2, -0.15) is 0 Å². The molecule has 0 bridgehead atoms. The van der Waals surface area contributed by atoms with Gasteiger partial charge >= 0.3 is 0 Å². The Morgan fingerprint density at radius 3 is 2.47 bits per heavy atom. The lowest BCUT2D eigenvalue weighted by atomic mass is 10.1. The number of carbonyl (C=O) groups excluding carboxylic acids is 1. The van der Waals surface area contributed by atoms with E-state index in [1.165, 1.54) is 12.8 Å². The van der Waals surface area contributed by atoms with E-state index in [1.807, 2.05) is 24.3 Å². The van der Waals surface area contributed by atoms with Crippen molar-refractivity contribution in [2.24, 2.45) is 11.5 Å². The number of benzene rings is 1. The zero-order valence-corrected chi connectivity index (χ0v) is 11.7. The van der Waals surface area contributed by atoms with Crippen LogP contribution < -0.4 is 16.4 Å². The number of anilines is 1. The lowest BCUT2D eigenvalue weighted by Gasteiger charge is -2.31. The highest BCUT2D eigenvalue weighted by Gasteiger charge is 2.25. The Morgan fingerprint density at radius 2 is 1.89 bits per heavy atom. The van der Waals surface area contributed by atoms with Crippen LogP contribution in [-0.4, -0.2) is 23.5 Å². The Kier molecular flexibility index (Phi) is 4.37. The van der Waals surface area contributed by atoms with Crippen molar-refractivity contribution in [2.45, 2.75) is 31.7 Å². The molecule has 0 saturated heterocycles. The van der Waals surface area contributed by atoms with Gasteiger partial charge in [0.2, 0.25) is 5.91 Å². The molecular formula is C14H19N3OS. The standard InChI is InChI=1S/C14H19N3OS/c15-13(18)9-17(10-5-1-2-6-10)12-8-4-3-7-11(12)14(16)19/h3-4,7-8,10H,1-2,5-6,9H2,(H2,15,18)(H2,16,19). The van der Waals surface area contributed by atoms with Gasteiger partial charge in [-0.25, -0.2) is 0 Å². The second-order valence-electron chi connectivity index (χ2n) is 4.91. The van der Waals surface area contributed by atoms with Crippen molar-refractivity contribution >= 4 is 28.8 Å². The van der Waals surface area contributed by atoms with Crippen LogP contribution in [0.25, 0.3) is 0 Å². The highest BCUT2D eigenvalue weighted by molar-refractivity contribution is 7.80. The average Bonchev–Trinajstić information content (AvgIpc) is 2.89. The van der Waals surface area contributed by atoms with E-state index in [2.05, 4.69) is 4.90 Å². The van der Waals surface area contributed by atoms with Crippen LogP contribution in [-0.2, 0) is 4.79 Å². The van der Waals surface area contributed by atoms with Gasteiger partial charge in [-0.15, -0.1) is 0 Å². The summed E-state index contributed by atoms with van der Waals surface area (Å²) >= 11 is 5.09. The SMILES string of the molecule is NC(=O)CN(c1ccccc1C(N)=S)C1CCCC1. The summed E-state index contributed by atoms with van der Waals surface area (Å²) in [5.74, 6) is -0.329. The number of hydrogen-bond donors (Lipinski definition) is 2. The van der Waals surface area contributed by atoms with Gasteiger partial charge < -0.3 is 16.4 Å². The normalized spacial score (nSPS) is 15.4. The van der Waals surface area contributed by atoms with Crippen molar-refractivity contribution in [1.82, 2.24) is 0 Å². The highest BCUT2D eigenvalue weighted by Crippen LogP contribution is 2.30. The fourth-order valence-electron chi connectivity index (χ4n) is 2.73. The lowest BCUT2D eigenvalue weighted by molar-refractivity contribution is -0.116. The van der Waals surface area contributed by atoms with Crippen LogP contribution in [0, 0.1) is 0 Å².